The molecule has 0 unspecified atom stereocenters. The largest absolute Gasteiger partial charge is 0.325 e. The van der Waals surface area contributed by atoms with Gasteiger partial charge in [-0.05, 0) is 37.8 Å². The highest BCUT2D eigenvalue weighted by atomic mass is 32.2. The second-order valence-corrected chi connectivity index (χ2v) is 7.04. The molecule has 1 aromatic carbocycles. The first-order valence-corrected chi connectivity index (χ1v) is 8.74. The lowest BCUT2D eigenvalue weighted by Crippen LogP contribution is -2.23. The molecular weight excluding hydrogens is 308 g/mol. The van der Waals surface area contributed by atoms with Crippen LogP contribution in [-0.4, -0.2) is 25.9 Å². The number of hydrogen-bond acceptors (Lipinski definition) is 4. The van der Waals surface area contributed by atoms with E-state index in [2.05, 4.69) is 35.4 Å². The third-order valence-electron chi connectivity index (χ3n) is 4.07. The minimum atomic E-state index is -0.248. The highest BCUT2D eigenvalue weighted by Gasteiger charge is 2.19. The zero-order valence-corrected chi connectivity index (χ0v) is 15.1. The monoisotopic (exact) mass is 332 g/mol. The van der Waals surface area contributed by atoms with Crippen LogP contribution < -0.4 is 5.32 Å². The third-order valence-corrected chi connectivity index (χ3v) is 5.20. The normalized spacial score (nSPS) is 13.6. The number of carbonyl (C=O) groups excluding carboxylic acids is 1. The molecule has 0 spiro atoms. The number of nitrogens with one attached hydrogen (secondary N) is 1. The van der Waals surface area contributed by atoms with Crippen molar-refractivity contribution in [3.8, 4) is 0 Å². The second-order valence-electron chi connectivity index (χ2n) is 5.73. The summed E-state index contributed by atoms with van der Waals surface area (Å²) in [5.41, 5.74) is 2.07. The molecular formula is C17H24N4OS. The second kappa shape index (κ2) is 7.64. The summed E-state index contributed by atoms with van der Waals surface area (Å²) in [7, 11) is 1.90. The molecule has 23 heavy (non-hydrogen) atoms. The molecule has 0 saturated carbocycles. The number of carbonyl (C=O) groups is 1. The maximum atomic E-state index is 12.5. The van der Waals surface area contributed by atoms with Gasteiger partial charge in [0.1, 0.15) is 5.82 Å². The average Bonchev–Trinajstić information content (AvgIpc) is 2.86. The summed E-state index contributed by atoms with van der Waals surface area (Å²) in [6.45, 7) is 8.10. The van der Waals surface area contributed by atoms with E-state index in [0.717, 1.165) is 23.1 Å². The Morgan fingerprint density at radius 3 is 2.61 bits per heavy atom. The fourth-order valence-corrected chi connectivity index (χ4v) is 3.06. The Labute approximate surface area is 141 Å². The first kappa shape index (κ1) is 17.5. The highest BCUT2D eigenvalue weighted by Crippen LogP contribution is 2.28. The summed E-state index contributed by atoms with van der Waals surface area (Å²) < 4.78 is 1.89. The molecule has 6 heteroatoms. The van der Waals surface area contributed by atoms with Crippen LogP contribution in [0.5, 0.6) is 0 Å². The molecule has 0 fully saturated rings. The molecule has 5 nitrogen and oxygen atoms in total. The quantitative estimate of drug-likeness (QED) is 0.818. The fraction of sp³-hybridized carbons (Fsp3) is 0.471. The van der Waals surface area contributed by atoms with Gasteiger partial charge in [0.2, 0.25) is 5.91 Å². The first-order valence-electron chi connectivity index (χ1n) is 7.86. The molecule has 1 N–H and O–H groups in total. The van der Waals surface area contributed by atoms with Crippen LogP contribution >= 0.6 is 11.8 Å². The Balaban J connectivity index is 2.08. The van der Waals surface area contributed by atoms with E-state index in [0.29, 0.717) is 5.92 Å². The minimum absolute atomic E-state index is 0.0218. The highest BCUT2D eigenvalue weighted by molar-refractivity contribution is 8.00. The van der Waals surface area contributed by atoms with Crippen molar-refractivity contribution in [1.82, 2.24) is 14.8 Å². The van der Waals surface area contributed by atoms with Crippen molar-refractivity contribution < 1.29 is 4.79 Å². The minimum Gasteiger partial charge on any atom is -0.325 e. The zero-order chi connectivity index (χ0) is 17.0. The SMILES string of the molecule is CC[C@H](C)c1ccccc1NC(=O)[C@@H](C)Sc1nnc(C)n1C. The lowest BCUT2D eigenvalue weighted by atomic mass is 9.97. The van der Waals surface area contributed by atoms with Crippen molar-refractivity contribution in [3.05, 3.63) is 35.7 Å². The van der Waals surface area contributed by atoms with Gasteiger partial charge in [-0.25, -0.2) is 0 Å². The number of amides is 1. The summed E-state index contributed by atoms with van der Waals surface area (Å²) in [6, 6.07) is 8.00. The molecule has 2 rings (SSSR count). The van der Waals surface area contributed by atoms with Crippen molar-refractivity contribution in [1.29, 1.82) is 0 Å². The predicted octanol–water partition coefficient (Wildman–Crippen LogP) is 3.76. The molecule has 1 heterocycles. The number of aryl methyl sites for hydroxylation is 1. The molecule has 0 aliphatic carbocycles. The van der Waals surface area contributed by atoms with Crippen LogP contribution in [0.3, 0.4) is 0 Å². The van der Waals surface area contributed by atoms with Gasteiger partial charge in [0.25, 0.3) is 0 Å². The van der Waals surface area contributed by atoms with E-state index in [1.807, 2.05) is 43.7 Å². The van der Waals surface area contributed by atoms with Crippen molar-refractivity contribution in [2.45, 2.75) is 50.4 Å². The van der Waals surface area contributed by atoms with Crippen LogP contribution in [0.4, 0.5) is 5.69 Å². The summed E-state index contributed by atoms with van der Waals surface area (Å²) in [6.07, 6.45) is 1.04. The van der Waals surface area contributed by atoms with E-state index in [4.69, 9.17) is 0 Å². The number of anilines is 1. The maximum Gasteiger partial charge on any atom is 0.237 e. The molecule has 0 aliphatic heterocycles. The van der Waals surface area contributed by atoms with Gasteiger partial charge < -0.3 is 9.88 Å². The van der Waals surface area contributed by atoms with Crippen molar-refractivity contribution in [3.63, 3.8) is 0 Å². The fourth-order valence-electron chi connectivity index (χ4n) is 2.20. The standard InChI is InChI=1S/C17H24N4OS/c1-6-11(2)14-9-7-8-10-15(14)18-16(22)12(3)23-17-20-19-13(4)21(17)5/h7-12H,6H2,1-5H3,(H,18,22)/t11-,12+/m0/s1. The summed E-state index contributed by atoms with van der Waals surface area (Å²) in [5, 5.41) is 11.7. The maximum absolute atomic E-state index is 12.5. The van der Waals surface area contributed by atoms with E-state index in [1.165, 1.54) is 17.3 Å². The lowest BCUT2D eigenvalue weighted by molar-refractivity contribution is -0.115. The van der Waals surface area contributed by atoms with E-state index < -0.39 is 0 Å². The Hall–Kier alpha value is -1.82. The summed E-state index contributed by atoms with van der Waals surface area (Å²) in [4.78, 5) is 12.5. The van der Waals surface area contributed by atoms with Crippen molar-refractivity contribution >= 4 is 23.4 Å². The molecule has 0 saturated heterocycles. The van der Waals surface area contributed by atoms with Gasteiger partial charge in [-0.15, -0.1) is 10.2 Å². The molecule has 1 aromatic heterocycles. The molecule has 124 valence electrons. The number of nitrogens with zero attached hydrogens (tertiary/aromatic N) is 3. The van der Waals surface area contributed by atoms with Crippen molar-refractivity contribution in [2.24, 2.45) is 7.05 Å². The van der Waals surface area contributed by atoms with Crippen molar-refractivity contribution in [2.75, 3.05) is 5.32 Å². The average molecular weight is 332 g/mol. The van der Waals surface area contributed by atoms with Gasteiger partial charge >= 0.3 is 0 Å². The predicted molar refractivity (Wildman–Crippen MR) is 94.8 cm³/mol. The molecule has 2 atom stereocenters. The molecule has 0 bridgehead atoms. The summed E-state index contributed by atoms with van der Waals surface area (Å²) >= 11 is 1.42. The number of thioether (sulfide) groups is 1. The number of hydrogen-bond donors (Lipinski definition) is 1. The number of aromatic nitrogens is 3. The zero-order valence-electron chi connectivity index (χ0n) is 14.3. The topological polar surface area (TPSA) is 59.8 Å². The lowest BCUT2D eigenvalue weighted by Gasteiger charge is -2.17. The van der Waals surface area contributed by atoms with E-state index in [9.17, 15) is 4.79 Å². The molecule has 0 radical (unpaired) electrons. The van der Waals surface area contributed by atoms with Crippen LogP contribution in [0.2, 0.25) is 0 Å². The van der Waals surface area contributed by atoms with Gasteiger partial charge in [0.15, 0.2) is 5.16 Å². The number of para-hydroxylation sites is 1. The summed E-state index contributed by atoms with van der Waals surface area (Å²) in [5.74, 6) is 1.23. The van der Waals surface area contributed by atoms with Gasteiger partial charge in [0.05, 0.1) is 5.25 Å². The van der Waals surface area contributed by atoms with E-state index in [1.54, 1.807) is 0 Å². The van der Waals surface area contributed by atoms with Crippen LogP contribution in [0, 0.1) is 6.92 Å². The van der Waals surface area contributed by atoms with Crippen LogP contribution in [0.15, 0.2) is 29.4 Å². The van der Waals surface area contributed by atoms with Crippen LogP contribution in [-0.2, 0) is 11.8 Å². The van der Waals surface area contributed by atoms with Gasteiger partial charge in [-0.3, -0.25) is 4.79 Å². The van der Waals surface area contributed by atoms with Gasteiger partial charge in [-0.1, -0.05) is 43.8 Å². The number of benzene rings is 1. The van der Waals surface area contributed by atoms with E-state index in [-0.39, 0.29) is 11.2 Å². The van der Waals surface area contributed by atoms with Gasteiger partial charge in [-0.2, -0.15) is 0 Å². The molecule has 2 aromatic rings. The third kappa shape index (κ3) is 4.13. The smallest absolute Gasteiger partial charge is 0.237 e. The van der Waals surface area contributed by atoms with Crippen LogP contribution in [0.1, 0.15) is 44.5 Å². The molecule has 0 aliphatic rings. The molecule has 1 amide bonds. The first-order chi connectivity index (χ1) is 10.9. The van der Waals surface area contributed by atoms with Crippen LogP contribution in [0.25, 0.3) is 0 Å². The Morgan fingerprint density at radius 2 is 2.00 bits per heavy atom. The Bertz CT molecular complexity index is 683. The Kier molecular flexibility index (Phi) is 5.82. The number of rotatable bonds is 6. The Morgan fingerprint density at radius 1 is 1.30 bits per heavy atom. The van der Waals surface area contributed by atoms with Gasteiger partial charge in [0, 0.05) is 12.7 Å². The van der Waals surface area contributed by atoms with E-state index >= 15 is 0 Å².